The van der Waals surface area contributed by atoms with Gasteiger partial charge in [-0.2, -0.15) is 0 Å². The lowest BCUT2D eigenvalue weighted by Gasteiger charge is -2.34. The van der Waals surface area contributed by atoms with Gasteiger partial charge < -0.3 is 25.0 Å². The van der Waals surface area contributed by atoms with E-state index in [1.165, 1.54) is 18.4 Å². The second-order valence-corrected chi connectivity index (χ2v) is 6.97. The van der Waals surface area contributed by atoms with Gasteiger partial charge in [0.2, 0.25) is 0 Å². The molecule has 0 unspecified atom stereocenters. The van der Waals surface area contributed by atoms with Crippen molar-refractivity contribution < 1.29 is 14.2 Å². The molecule has 27 heavy (non-hydrogen) atoms. The first-order valence-corrected chi connectivity index (χ1v) is 9.46. The van der Waals surface area contributed by atoms with Crippen LogP contribution in [0, 0.1) is 0 Å². The molecule has 6 nitrogen and oxygen atoms in total. The third-order valence-electron chi connectivity index (χ3n) is 5.35. The molecular formula is C21H27N3O3. The van der Waals surface area contributed by atoms with Gasteiger partial charge in [-0.1, -0.05) is 0 Å². The zero-order valence-electron chi connectivity index (χ0n) is 16.0. The van der Waals surface area contributed by atoms with Crippen molar-refractivity contribution in [2.75, 3.05) is 46.3 Å². The summed E-state index contributed by atoms with van der Waals surface area (Å²) in [6.45, 7) is 4.06. The largest absolute Gasteiger partial charge is 0.492 e. The van der Waals surface area contributed by atoms with Gasteiger partial charge in [-0.05, 0) is 42.7 Å². The zero-order valence-corrected chi connectivity index (χ0v) is 16.0. The summed E-state index contributed by atoms with van der Waals surface area (Å²) in [5.74, 6) is 1.43. The Hall–Kier alpha value is -2.44. The maximum atomic E-state index is 6.53. The van der Waals surface area contributed by atoms with Crippen LogP contribution < -0.4 is 15.2 Å². The van der Waals surface area contributed by atoms with E-state index in [0.717, 1.165) is 47.4 Å². The van der Waals surface area contributed by atoms with E-state index in [2.05, 4.69) is 28.4 Å². The molecule has 0 bridgehead atoms. The Balaban J connectivity index is 1.73. The maximum Gasteiger partial charge on any atom is 0.168 e. The van der Waals surface area contributed by atoms with E-state index in [4.69, 9.17) is 19.9 Å². The maximum absolute atomic E-state index is 6.53. The van der Waals surface area contributed by atoms with Gasteiger partial charge in [0.05, 0.1) is 20.3 Å². The van der Waals surface area contributed by atoms with Crippen LogP contribution in [-0.2, 0) is 11.3 Å². The molecule has 2 heterocycles. The number of methoxy groups -OCH3 is 2. The molecule has 4 rings (SSSR count). The lowest BCUT2D eigenvalue weighted by molar-refractivity contribution is 0.0401. The summed E-state index contributed by atoms with van der Waals surface area (Å²) in [5.41, 5.74) is 9.64. The van der Waals surface area contributed by atoms with Gasteiger partial charge in [-0.3, -0.25) is 0 Å². The monoisotopic (exact) mass is 369 g/mol. The van der Waals surface area contributed by atoms with Gasteiger partial charge in [0.1, 0.15) is 6.61 Å². The van der Waals surface area contributed by atoms with Crippen molar-refractivity contribution in [2.24, 2.45) is 0 Å². The number of hydrazine groups is 1. The van der Waals surface area contributed by atoms with Crippen LogP contribution >= 0.6 is 0 Å². The van der Waals surface area contributed by atoms with Gasteiger partial charge in [-0.25, -0.2) is 5.01 Å². The van der Waals surface area contributed by atoms with Crippen LogP contribution in [0.1, 0.15) is 24.0 Å². The Kier molecular flexibility index (Phi) is 5.09. The smallest absolute Gasteiger partial charge is 0.168 e. The molecule has 0 atom stereocenters. The lowest BCUT2D eigenvalue weighted by atomic mass is 9.95. The molecular weight excluding hydrogens is 342 g/mol. The molecule has 0 saturated carbocycles. The molecule has 2 aromatic rings. The van der Waals surface area contributed by atoms with E-state index >= 15 is 0 Å². The molecule has 0 radical (unpaired) electrons. The SMILES string of the molecule is COCCOc1ccc2c(N)c3c(cc2c1OC)CN(N1CCCC1)C=C3. The summed E-state index contributed by atoms with van der Waals surface area (Å²) < 4.78 is 16.6. The van der Waals surface area contributed by atoms with Crippen LogP contribution in [0.4, 0.5) is 5.69 Å². The molecule has 6 heteroatoms. The van der Waals surface area contributed by atoms with Crippen LogP contribution in [0.15, 0.2) is 24.4 Å². The molecule has 144 valence electrons. The van der Waals surface area contributed by atoms with E-state index in [-0.39, 0.29) is 0 Å². The fourth-order valence-corrected chi connectivity index (χ4v) is 3.95. The Morgan fingerprint density at radius 2 is 1.89 bits per heavy atom. The fraction of sp³-hybridized carbons (Fsp3) is 0.429. The highest BCUT2D eigenvalue weighted by atomic mass is 16.5. The summed E-state index contributed by atoms with van der Waals surface area (Å²) in [6.07, 6.45) is 6.79. The molecule has 2 aromatic carbocycles. The number of nitrogen functional groups attached to an aromatic ring is 1. The van der Waals surface area contributed by atoms with E-state index < -0.39 is 0 Å². The van der Waals surface area contributed by atoms with Crippen molar-refractivity contribution in [3.05, 3.63) is 35.5 Å². The van der Waals surface area contributed by atoms with Gasteiger partial charge in [-0.15, -0.1) is 0 Å². The third-order valence-corrected chi connectivity index (χ3v) is 5.35. The molecule has 2 aliphatic heterocycles. The molecule has 1 saturated heterocycles. The van der Waals surface area contributed by atoms with E-state index in [1.807, 2.05) is 12.1 Å². The second kappa shape index (κ2) is 7.66. The molecule has 2 aliphatic rings. The first-order chi connectivity index (χ1) is 13.2. The highest BCUT2D eigenvalue weighted by Crippen LogP contribution is 2.41. The minimum Gasteiger partial charge on any atom is -0.492 e. The Morgan fingerprint density at radius 1 is 1.07 bits per heavy atom. The third kappa shape index (κ3) is 3.31. The summed E-state index contributed by atoms with van der Waals surface area (Å²) in [5, 5.41) is 6.68. The summed E-state index contributed by atoms with van der Waals surface area (Å²) in [6, 6.07) is 6.12. The molecule has 0 aliphatic carbocycles. The average Bonchev–Trinajstić information content (AvgIpc) is 3.22. The number of nitrogens with two attached hydrogens (primary N) is 1. The lowest BCUT2D eigenvalue weighted by Crippen LogP contribution is -2.37. The molecule has 0 spiro atoms. The van der Waals surface area contributed by atoms with Crippen molar-refractivity contribution in [3.8, 4) is 11.5 Å². The summed E-state index contributed by atoms with van der Waals surface area (Å²) >= 11 is 0. The first kappa shape index (κ1) is 17.9. The highest BCUT2D eigenvalue weighted by Gasteiger charge is 2.23. The molecule has 1 fully saturated rings. The van der Waals surface area contributed by atoms with Gasteiger partial charge in [0, 0.05) is 48.4 Å². The number of ether oxygens (including phenoxy) is 3. The number of hydrogen-bond donors (Lipinski definition) is 1. The quantitative estimate of drug-likeness (QED) is 0.623. The predicted octanol–water partition coefficient (Wildman–Crippen LogP) is 3.25. The molecule has 0 aromatic heterocycles. The normalized spacial score (nSPS) is 16.7. The number of anilines is 1. The van der Waals surface area contributed by atoms with Crippen molar-refractivity contribution in [1.82, 2.24) is 10.0 Å². The first-order valence-electron chi connectivity index (χ1n) is 9.46. The average molecular weight is 369 g/mol. The van der Waals surface area contributed by atoms with Crippen molar-refractivity contribution in [2.45, 2.75) is 19.4 Å². The molecule has 0 amide bonds. The van der Waals surface area contributed by atoms with E-state index in [9.17, 15) is 0 Å². The number of fused-ring (bicyclic) bond motifs is 2. The summed E-state index contributed by atoms with van der Waals surface area (Å²) in [4.78, 5) is 0. The fourth-order valence-electron chi connectivity index (χ4n) is 3.95. The molecule has 2 N–H and O–H groups in total. The second-order valence-electron chi connectivity index (χ2n) is 6.97. The number of hydrogen-bond acceptors (Lipinski definition) is 6. The number of nitrogens with zero attached hydrogens (tertiary/aromatic N) is 2. The van der Waals surface area contributed by atoms with Crippen LogP contribution in [-0.4, -0.2) is 50.5 Å². The predicted molar refractivity (Wildman–Crippen MR) is 108 cm³/mol. The van der Waals surface area contributed by atoms with Crippen LogP contribution in [0.3, 0.4) is 0 Å². The van der Waals surface area contributed by atoms with Crippen molar-refractivity contribution in [3.63, 3.8) is 0 Å². The van der Waals surface area contributed by atoms with Crippen LogP contribution in [0.5, 0.6) is 11.5 Å². The minimum absolute atomic E-state index is 0.476. The van der Waals surface area contributed by atoms with Crippen molar-refractivity contribution >= 4 is 22.5 Å². The minimum atomic E-state index is 0.476. The van der Waals surface area contributed by atoms with E-state index in [1.54, 1.807) is 14.2 Å². The van der Waals surface area contributed by atoms with Gasteiger partial charge >= 0.3 is 0 Å². The standard InChI is InChI=1S/C21H27N3O3/c1-25-11-12-27-19-6-5-17-18(21(19)26-2)13-15-14-24(23-8-3-4-9-23)10-7-16(15)20(17)22/h5-7,10,13H,3-4,8-9,11-12,14,22H2,1-2H3. The van der Waals surface area contributed by atoms with Crippen molar-refractivity contribution in [1.29, 1.82) is 0 Å². The Morgan fingerprint density at radius 3 is 2.63 bits per heavy atom. The number of benzene rings is 2. The van der Waals surface area contributed by atoms with Crippen LogP contribution in [0.25, 0.3) is 16.8 Å². The Labute approximate surface area is 160 Å². The number of rotatable bonds is 6. The summed E-state index contributed by atoms with van der Waals surface area (Å²) in [7, 11) is 3.33. The topological polar surface area (TPSA) is 60.2 Å². The van der Waals surface area contributed by atoms with Gasteiger partial charge in [0.15, 0.2) is 11.5 Å². The van der Waals surface area contributed by atoms with E-state index in [0.29, 0.717) is 19.0 Å². The Bertz CT molecular complexity index is 860. The highest BCUT2D eigenvalue weighted by molar-refractivity contribution is 6.02. The van der Waals surface area contributed by atoms with Gasteiger partial charge in [0.25, 0.3) is 0 Å². The zero-order chi connectivity index (χ0) is 18.8. The van der Waals surface area contributed by atoms with Crippen LogP contribution in [0.2, 0.25) is 0 Å².